The van der Waals surface area contributed by atoms with Crippen molar-refractivity contribution in [1.82, 2.24) is 0 Å². The van der Waals surface area contributed by atoms with Gasteiger partial charge in [0.05, 0.1) is 5.69 Å². The molecule has 0 fully saturated rings. The summed E-state index contributed by atoms with van der Waals surface area (Å²) < 4.78 is 28.7. The largest absolute Gasteiger partial charge is 0.382 e. The van der Waals surface area contributed by atoms with Crippen LogP contribution in [0.3, 0.4) is 0 Å². The zero-order valence-electron chi connectivity index (χ0n) is 9.56. The van der Waals surface area contributed by atoms with Gasteiger partial charge in [-0.25, -0.2) is 0 Å². The second-order valence-electron chi connectivity index (χ2n) is 4.05. The van der Waals surface area contributed by atoms with Crippen LogP contribution in [0.25, 0.3) is 6.08 Å². The summed E-state index contributed by atoms with van der Waals surface area (Å²) in [5.41, 5.74) is 8.57. The molecule has 5 nitrogen and oxygen atoms in total. The van der Waals surface area contributed by atoms with Crippen LogP contribution >= 0.6 is 0 Å². The summed E-state index contributed by atoms with van der Waals surface area (Å²) >= 11 is 0. The molecule has 0 aliphatic carbocycles. The Hall–Kier alpha value is -1.82. The molecule has 0 unspecified atom stereocenters. The van der Waals surface area contributed by atoms with Crippen LogP contribution in [-0.4, -0.2) is 14.3 Å². The normalized spacial score (nSPS) is 16.5. The SMILES string of the molecule is CC(C)=Cc1cccc2c1NS(=O)(=O)N=C2N. The van der Waals surface area contributed by atoms with E-state index in [1.54, 1.807) is 6.07 Å². The van der Waals surface area contributed by atoms with Crippen molar-refractivity contribution >= 4 is 27.8 Å². The quantitative estimate of drug-likeness (QED) is 0.793. The van der Waals surface area contributed by atoms with Gasteiger partial charge < -0.3 is 5.73 Å². The first kappa shape index (κ1) is 11.7. The van der Waals surface area contributed by atoms with Gasteiger partial charge in [-0.3, -0.25) is 4.72 Å². The number of rotatable bonds is 1. The molecule has 0 radical (unpaired) electrons. The van der Waals surface area contributed by atoms with Crippen molar-refractivity contribution in [2.45, 2.75) is 13.8 Å². The lowest BCUT2D eigenvalue weighted by Gasteiger charge is -2.17. The van der Waals surface area contributed by atoms with E-state index in [1.807, 2.05) is 32.1 Å². The number of amidine groups is 1. The fraction of sp³-hybridized carbons (Fsp3) is 0.182. The molecule has 2 rings (SSSR count). The van der Waals surface area contributed by atoms with Gasteiger partial charge in [0.2, 0.25) is 0 Å². The number of nitrogens with zero attached hydrogens (tertiary/aromatic N) is 1. The van der Waals surface area contributed by atoms with Crippen LogP contribution in [0.4, 0.5) is 5.69 Å². The number of para-hydroxylation sites is 1. The van der Waals surface area contributed by atoms with E-state index >= 15 is 0 Å². The molecule has 17 heavy (non-hydrogen) atoms. The Balaban J connectivity index is 2.69. The monoisotopic (exact) mass is 251 g/mol. The van der Waals surface area contributed by atoms with E-state index in [-0.39, 0.29) is 5.84 Å². The van der Waals surface area contributed by atoms with Crippen molar-refractivity contribution in [2.24, 2.45) is 10.1 Å². The lowest BCUT2D eigenvalue weighted by atomic mass is 10.0. The minimum Gasteiger partial charge on any atom is -0.382 e. The van der Waals surface area contributed by atoms with E-state index in [0.717, 1.165) is 11.1 Å². The van der Waals surface area contributed by atoms with Gasteiger partial charge in [-0.15, -0.1) is 4.40 Å². The Bertz CT molecular complexity index is 626. The van der Waals surface area contributed by atoms with Gasteiger partial charge in [-0.1, -0.05) is 23.8 Å². The first-order valence-electron chi connectivity index (χ1n) is 5.05. The van der Waals surface area contributed by atoms with Crippen LogP contribution in [0, 0.1) is 0 Å². The molecule has 0 atom stereocenters. The molecule has 1 heterocycles. The van der Waals surface area contributed by atoms with Gasteiger partial charge >= 0.3 is 10.2 Å². The molecule has 90 valence electrons. The number of hydrogen-bond donors (Lipinski definition) is 2. The van der Waals surface area contributed by atoms with Crippen molar-refractivity contribution < 1.29 is 8.42 Å². The number of nitrogens with one attached hydrogen (secondary N) is 1. The van der Waals surface area contributed by atoms with Crippen molar-refractivity contribution in [2.75, 3.05) is 4.72 Å². The van der Waals surface area contributed by atoms with Crippen molar-refractivity contribution in [1.29, 1.82) is 0 Å². The van der Waals surface area contributed by atoms with Crippen LogP contribution in [0.1, 0.15) is 25.0 Å². The number of anilines is 1. The van der Waals surface area contributed by atoms with Gasteiger partial charge in [0.1, 0.15) is 5.84 Å². The van der Waals surface area contributed by atoms with Crippen LogP contribution < -0.4 is 10.5 Å². The molecule has 0 aromatic heterocycles. The fourth-order valence-corrected chi connectivity index (χ4v) is 2.55. The standard InChI is InChI=1S/C11H13N3O2S/c1-7(2)6-8-4-3-5-9-10(8)13-17(15,16)14-11(9)12/h3-6,13H,1-2H3,(H2,12,14). The predicted octanol–water partition coefficient (Wildman–Crippen LogP) is 1.49. The summed E-state index contributed by atoms with van der Waals surface area (Å²) in [6, 6.07) is 5.38. The van der Waals surface area contributed by atoms with Crippen molar-refractivity contribution in [3.8, 4) is 0 Å². The molecule has 6 heteroatoms. The molecule has 0 amide bonds. The summed E-state index contributed by atoms with van der Waals surface area (Å²) in [4.78, 5) is 0. The summed E-state index contributed by atoms with van der Waals surface area (Å²) in [7, 11) is -3.72. The molecule has 0 saturated carbocycles. The third-order valence-corrected chi connectivity index (χ3v) is 3.17. The maximum Gasteiger partial charge on any atom is 0.344 e. The highest BCUT2D eigenvalue weighted by molar-refractivity contribution is 7.91. The van der Waals surface area contributed by atoms with Crippen LogP contribution in [0.2, 0.25) is 0 Å². The number of hydrogen-bond acceptors (Lipinski definition) is 3. The molecule has 1 aliphatic rings. The smallest absolute Gasteiger partial charge is 0.344 e. The molecule has 0 bridgehead atoms. The Labute approximate surface area is 100 Å². The number of allylic oxidation sites excluding steroid dienone is 1. The highest BCUT2D eigenvalue weighted by atomic mass is 32.2. The van der Waals surface area contributed by atoms with Crippen molar-refractivity contribution in [3.63, 3.8) is 0 Å². The third kappa shape index (κ3) is 2.31. The summed E-state index contributed by atoms with van der Waals surface area (Å²) in [6.45, 7) is 3.88. The predicted molar refractivity (Wildman–Crippen MR) is 69.0 cm³/mol. The first-order valence-corrected chi connectivity index (χ1v) is 6.49. The maximum absolute atomic E-state index is 11.5. The van der Waals surface area contributed by atoms with Crippen LogP contribution in [0.5, 0.6) is 0 Å². The average Bonchev–Trinajstić information content (AvgIpc) is 2.17. The van der Waals surface area contributed by atoms with E-state index in [2.05, 4.69) is 9.12 Å². The number of fused-ring (bicyclic) bond motifs is 1. The van der Waals surface area contributed by atoms with Gasteiger partial charge in [0, 0.05) is 5.56 Å². The zero-order chi connectivity index (χ0) is 12.6. The molecular formula is C11H13N3O2S. The van der Waals surface area contributed by atoms with E-state index in [1.165, 1.54) is 0 Å². The Morgan fingerprint density at radius 2 is 2.12 bits per heavy atom. The lowest BCUT2D eigenvalue weighted by Crippen LogP contribution is -2.26. The molecule has 1 aromatic rings. The summed E-state index contributed by atoms with van der Waals surface area (Å²) in [5, 5.41) is 0. The van der Waals surface area contributed by atoms with E-state index in [9.17, 15) is 8.42 Å². The van der Waals surface area contributed by atoms with Gasteiger partial charge in [0.15, 0.2) is 0 Å². The summed E-state index contributed by atoms with van der Waals surface area (Å²) in [5.74, 6) is 0.0164. The number of benzene rings is 1. The third-order valence-electron chi connectivity index (χ3n) is 2.27. The zero-order valence-corrected chi connectivity index (χ0v) is 10.4. The topological polar surface area (TPSA) is 84.5 Å². The Morgan fingerprint density at radius 3 is 2.76 bits per heavy atom. The Kier molecular flexibility index (Phi) is 2.66. The minimum atomic E-state index is -3.72. The Morgan fingerprint density at radius 1 is 1.41 bits per heavy atom. The van der Waals surface area contributed by atoms with Crippen LogP contribution in [0.15, 0.2) is 28.2 Å². The lowest BCUT2D eigenvalue weighted by molar-refractivity contribution is 0.602. The van der Waals surface area contributed by atoms with Gasteiger partial charge in [-0.2, -0.15) is 8.42 Å². The molecule has 1 aromatic carbocycles. The van der Waals surface area contributed by atoms with Crippen LogP contribution in [-0.2, 0) is 10.2 Å². The van der Waals surface area contributed by atoms with Crippen molar-refractivity contribution in [3.05, 3.63) is 34.9 Å². The molecule has 0 spiro atoms. The second-order valence-corrected chi connectivity index (χ2v) is 5.38. The number of nitrogens with two attached hydrogens (primary N) is 1. The van der Waals surface area contributed by atoms with Gasteiger partial charge in [0.25, 0.3) is 0 Å². The molecular weight excluding hydrogens is 238 g/mol. The summed E-state index contributed by atoms with van der Waals surface area (Å²) in [6.07, 6.45) is 1.89. The molecule has 1 aliphatic heterocycles. The van der Waals surface area contributed by atoms with E-state index in [0.29, 0.717) is 11.3 Å². The minimum absolute atomic E-state index is 0.0164. The molecule has 3 N–H and O–H groups in total. The highest BCUT2D eigenvalue weighted by Crippen LogP contribution is 2.27. The van der Waals surface area contributed by atoms with E-state index < -0.39 is 10.2 Å². The first-order chi connectivity index (χ1) is 7.89. The average molecular weight is 251 g/mol. The molecule has 0 saturated heterocycles. The highest BCUT2D eigenvalue weighted by Gasteiger charge is 2.22. The van der Waals surface area contributed by atoms with E-state index in [4.69, 9.17) is 5.73 Å². The maximum atomic E-state index is 11.5. The van der Waals surface area contributed by atoms with Gasteiger partial charge in [-0.05, 0) is 25.5 Å². The second kappa shape index (κ2) is 3.89. The fourth-order valence-electron chi connectivity index (χ4n) is 1.66.